The van der Waals surface area contributed by atoms with Gasteiger partial charge in [0, 0.05) is 11.4 Å². The van der Waals surface area contributed by atoms with E-state index in [-0.39, 0.29) is 10.9 Å². The third-order valence-electron chi connectivity index (χ3n) is 3.45. The monoisotopic (exact) mass is 353 g/mol. The first-order valence-electron chi connectivity index (χ1n) is 7.02. The van der Waals surface area contributed by atoms with E-state index in [2.05, 4.69) is 15.3 Å². The number of aryl methyl sites for hydroxylation is 2. The van der Waals surface area contributed by atoms with Gasteiger partial charge in [0.25, 0.3) is 0 Å². The van der Waals surface area contributed by atoms with E-state index in [0.717, 1.165) is 23.0 Å². The average molecular weight is 354 g/mol. The summed E-state index contributed by atoms with van der Waals surface area (Å²) in [5, 5.41) is 2.98. The molecule has 0 aliphatic carbocycles. The highest BCUT2D eigenvalue weighted by Crippen LogP contribution is 2.26. The van der Waals surface area contributed by atoms with Gasteiger partial charge in [-0.15, -0.1) is 0 Å². The Labute approximate surface area is 143 Å². The molecule has 4 nitrogen and oxygen atoms in total. The van der Waals surface area contributed by atoms with Crippen LogP contribution in [0.5, 0.6) is 0 Å². The van der Waals surface area contributed by atoms with E-state index in [0.29, 0.717) is 10.8 Å². The Morgan fingerprint density at radius 3 is 2.43 bits per heavy atom. The van der Waals surface area contributed by atoms with Crippen molar-refractivity contribution in [3.63, 3.8) is 0 Å². The second-order valence-corrected chi connectivity index (χ2v) is 6.89. The molecule has 2 aromatic rings. The van der Waals surface area contributed by atoms with Gasteiger partial charge in [-0.1, -0.05) is 23.4 Å². The van der Waals surface area contributed by atoms with Gasteiger partial charge in [-0.25, -0.2) is 14.4 Å². The number of thioether (sulfide) groups is 1. The third-order valence-corrected chi connectivity index (χ3v) is 4.73. The number of benzene rings is 1. The predicted octanol–water partition coefficient (Wildman–Crippen LogP) is 4.31. The van der Waals surface area contributed by atoms with Crippen molar-refractivity contribution in [2.24, 2.45) is 0 Å². The van der Waals surface area contributed by atoms with Gasteiger partial charge in [0.05, 0.1) is 16.0 Å². The summed E-state index contributed by atoms with van der Waals surface area (Å²) in [5.41, 5.74) is 3.22. The molecule has 0 saturated carbocycles. The minimum Gasteiger partial charge on any atom is -0.324 e. The quantitative estimate of drug-likeness (QED) is 0.657. The Bertz CT molecular complexity index is 731. The van der Waals surface area contributed by atoms with Crippen LogP contribution in [0.2, 0.25) is 5.02 Å². The molecule has 1 N–H and O–H groups in total. The molecule has 1 amide bonds. The number of aromatic nitrogens is 2. The highest BCUT2D eigenvalue weighted by molar-refractivity contribution is 8.00. The van der Waals surface area contributed by atoms with Crippen LogP contribution < -0.4 is 5.32 Å². The van der Waals surface area contributed by atoms with Crippen LogP contribution in [0, 0.1) is 26.6 Å². The van der Waals surface area contributed by atoms with E-state index in [1.165, 1.54) is 23.9 Å². The molecule has 0 aliphatic heterocycles. The molecule has 7 heteroatoms. The lowest BCUT2D eigenvalue weighted by atomic mass is 10.2. The number of nitrogens with zero attached hydrogens (tertiary/aromatic N) is 2. The zero-order chi connectivity index (χ0) is 17.1. The summed E-state index contributed by atoms with van der Waals surface area (Å²) in [4.78, 5) is 21.0. The van der Waals surface area contributed by atoms with Crippen molar-refractivity contribution in [3.8, 4) is 0 Å². The molecule has 0 spiro atoms. The molecule has 2 rings (SSSR count). The maximum atomic E-state index is 13.0. The highest BCUT2D eigenvalue weighted by atomic mass is 35.5. The van der Waals surface area contributed by atoms with Crippen LogP contribution in [0.1, 0.15) is 23.9 Å². The Kier molecular flexibility index (Phi) is 5.59. The van der Waals surface area contributed by atoms with Crippen molar-refractivity contribution in [2.75, 3.05) is 5.32 Å². The molecule has 1 aromatic heterocycles. The SMILES string of the molecule is Cc1nc(S[C@@H](C)C(=O)Nc2ccc(F)cc2Cl)nc(C)c1C. The van der Waals surface area contributed by atoms with Crippen LogP contribution in [0.25, 0.3) is 0 Å². The lowest BCUT2D eigenvalue weighted by Crippen LogP contribution is -2.23. The Balaban J connectivity index is 2.08. The predicted molar refractivity (Wildman–Crippen MR) is 91.6 cm³/mol. The standard InChI is InChI=1S/C16H17ClFN3OS/c1-8-9(2)19-16(20-10(8)3)23-11(4)15(22)21-14-6-5-12(18)7-13(14)17/h5-7,11H,1-4H3,(H,21,22)/t11-/m0/s1. The van der Waals surface area contributed by atoms with Gasteiger partial charge >= 0.3 is 0 Å². The maximum absolute atomic E-state index is 13.0. The summed E-state index contributed by atoms with van der Waals surface area (Å²) in [7, 11) is 0. The summed E-state index contributed by atoms with van der Waals surface area (Å²) in [5.74, 6) is -0.697. The van der Waals surface area contributed by atoms with Crippen molar-refractivity contribution in [3.05, 3.63) is 46.0 Å². The van der Waals surface area contributed by atoms with Crippen molar-refractivity contribution >= 4 is 35.0 Å². The number of halogens is 2. The first-order chi connectivity index (χ1) is 10.8. The first-order valence-corrected chi connectivity index (χ1v) is 8.28. The first kappa shape index (κ1) is 17.7. The number of anilines is 1. The van der Waals surface area contributed by atoms with E-state index in [1.807, 2.05) is 20.8 Å². The largest absolute Gasteiger partial charge is 0.324 e. The van der Waals surface area contributed by atoms with Crippen molar-refractivity contribution in [1.82, 2.24) is 9.97 Å². The fraction of sp³-hybridized carbons (Fsp3) is 0.312. The lowest BCUT2D eigenvalue weighted by Gasteiger charge is -2.13. The van der Waals surface area contributed by atoms with Crippen LogP contribution in [0.4, 0.5) is 10.1 Å². The molecule has 1 aromatic carbocycles. The van der Waals surface area contributed by atoms with E-state index in [4.69, 9.17) is 11.6 Å². The minimum absolute atomic E-state index is 0.161. The summed E-state index contributed by atoms with van der Waals surface area (Å²) < 4.78 is 13.0. The molecule has 0 radical (unpaired) electrons. The number of hydrogen-bond donors (Lipinski definition) is 1. The van der Waals surface area contributed by atoms with E-state index < -0.39 is 11.1 Å². The molecule has 1 atom stereocenters. The van der Waals surface area contributed by atoms with Crippen LogP contribution in [-0.4, -0.2) is 21.1 Å². The third kappa shape index (κ3) is 4.42. The van der Waals surface area contributed by atoms with Crippen LogP contribution >= 0.6 is 23.4 Å². The Morgan fingerprint density at radius 1 is 1.26 bits per heavy atom. The number of hydrogen-bond acceptors (Lipinski definition) is 4. The van der Waals surface area contributed by atoms with Gasteiger partial charge in [0.2, 0.25) is 5.91 Å². The van der Waals surface area contributed by atoms with Gasteiger partial charge in [-0.05, 0) is 51.5 Å². The van der Waals surface area contributed by atoms with E-state index in [9.17, 15) is 9.18 Å². The zero-order valence-corrected chi connectivity index (χ0v) is 14.8. The summed E-state index contributed by atoms with van der Waals surface area (Å²) >= 11 is 7.18. The van der Waals surface area contributed by atoms with E-state index >= 15 is 0 Å². The second-order valence-electron chi connectivity index (χ2n) is 5.18. The normalized spacial score (nSPS) is 12.1. The molecule has 0 saturated heterocycles. The molecule has 0 aliphatic rings. The molecule has 23 heavy (non-hydrogen) atoms. The molecule has 1 heterocycles. The van der Waals surface area contributed by atoms with Crippen LogP contribution in [0.15, 0.2) is 23.4 Å². The molecule has 122 valence electrons. The minimum atomic E-state index is -0.450. The number of carbonyl (C=O) groups is 1. The van der Waals surface area contributed by atoms with Crippen molar-refractivity contribution in [1.29, 1.82) is 0 Å². The lowest BCUT2D eigenvalue weighted by molar-refractivity contribution is -0.115. The van der Waals surface area contributed by atoms with Gasteiger partial charge in [-0.2, -0.15) is 0 Å². The second kappa shape index (κ2) is 7.27. The molecule has 0 bridgehead atoms. The highest BCUT2D eigenvalue weighted by Gasteiger charge is 2.18. The van der Waals surface area contributed by atoms with Gasteiger partial charge < -0.3 is 5.32 Å². The number of carbonyl (C=O) groups excluding carboxylic acids is 1. The maximum Gasteiger partial charge on any atom is 0.237 e. The van der Waals surface area contributed by atoms with Crippen LogP contribution in [-0.2, 0) is 4.79 Å². The Hall–Kier alpha value is -1.66. The van der Waals surface area contributed by atoms with Crippen molar-refractivity contribution in [2.45, 2.75) is 38.1 Å². The summed E-state index contributed by atoms with van der Waals surface area (Å²) in [6.07, 6.45) is 0. The molecular weight excluding hydrogens is 337 g/mol. The van der Waals surface area contributed by atoms with E-state index in [1.54, 1.807) is 6.92 Å². The Morgan fingerprint density at radius 2 is 1.87 bits per heavy atom. The fourth-order valence-corrected chi connectivity index (χ4v) is 2.91. The average Bonchev–Trinajstić information content (AvgIpc) is 2.47. The fourth-order valence-electron chi connectivity index (χ4n) is 1.83. The molecule has 0 unspecified atom stereocenters. The molecular formula is C16H17ClFN3OS. The molecule has 0 fully saturated rings. The number of nitrogens with one attached hydrogen (secondary N) is 1. The topological polar surface area (TPSA) is 54.9 Å². The van der Waals surface area contributed by atoms with Gasteiger partial charge in [-0.3, -0.25) is 4.79 Å². The van der Waals surface area contributed by atoms with Crippen LogP contribution in [0.3, 0.4) is 0 Å². The van der Waals surface area contributed by atoms with Gasteiger partial charge in [0.15, 0.2) is 5.16 Å². The number of amides is 1. The summed E-state index contributed by atoms with van der Waals surface area (Å²) in [6.45, 7) is 7.55. The van der Waals surface area contributed by atoms with Gasteiger partial charge in [0.1, 0.15) is 5.82 Å². The number of rotatable bonds is 4. The van der Waals surface area contributed by atoms with Crippen molar-refractivity contribution < 1.29 is 9.18 Å². The zero-order valence-electron chi connectivity index (χ0n) is 13.3. The smallest absolute Gasteiger partial charge is 0.237 e. The summed E-state index contributed by atoms with van der Waals surface area (Å²) in [6, 6.07) is 3.84.